The molecule has 4 rings (SSSR count). The number of aromatic amines is 1. The minimum atomic E-state index is -3.00. The maximum absolute atomic E-state index is 13.7. The second kappa shape index (κ2) is 6.38. The van der Waals surface area contributed by atoms with Gasteiger partial charge in [0.25, 0.3) is 11.5 Å². The Kier molecular flexibility index (Phi) is 4.15. The summed E-state index contributed by atoms with van der Waals surface area (Å²) in [4.78, 5) is 17.3. The van der Waals surface area contributed by atoms with E-state index in [1.54, 1.807) is 6.07 Å². The van der Waals surface area contributed by atoms with Crippen LogP contribution in [-0.4, -0.2) is 21.0 Å². The zero-order valence-corrected chi connectivity index (χ0v) is 15.2. The van der Waals surface area contributed by atoms with Gasteiger partial charge < -0.3 is 5.41 Å². The minimum absolute atomic E-state index is 0.104. The van der Waals surface area contributed by atoms with Crippen LogP contribution in [0.2, 0.25) is 0 Å². The van der Waals surface area contributed by atoms with Crippen LogP contribution in [0, 0.1) is 5.41 Å². The lowest BCUT2D eigenvalue weighted by Crippen LogP contribution is -2.23. The van der Waals surface area contributed by atoms with Gasteiger partial charge in [-0.3, -0.25) is 9.89 Å². The number of rotatable bonds is 4. The Balaban J connectivity index is 1.90. The van der Waals surface area contributed by atoms with Crippen molar-refractivity contribution in [3.05, 3.63) is 55.6 Å². The lowest BCUT2D eigenvalue weighted by molar-refractivity contribution is 0.0175. The van der Waals surface area contributed by atoms with Crippen molar-refractivity contribution in [3.8, 4) is 16.4 Å². The molecule has 27 heavy (non-hydrogen) atoms. The number of hydrogen-bond acceptors (Lipinski definition) is 4. The van der Waals surface area contributed by atoms with E-state index in [1.807, 2.05) is 6.08 Å². The number of fused-ring (bicyclic) bond motifs is 1. The van der Waals surface area contributed by atoms with Gasteiger partial charge in [0.1, 0.15) is 0 Å². The summed E-state index contributed by atoms with van der Waals surface area (Å²) in [5.41, 5.74) is 0.260. The number of benzene rings is 1. The highest BCUT2D eigenvalue weighted by Gasteiger charge is 2.25. The molecule has 138 valence electrons. The van der Waals surface area contributed by atoms with Crippen LogP contribution >= 0.6 is 11.3 Å². The summed E-state index contributed by atoms with van der Waals surface area (Å²) in [5.74, 6) is -3.00. The van der Waals surface area contributed by atoms with Crippen molar-refractivity contribution in [3.63, 3.8) is 0 Å². The van der Waals surface area contributed by atoms with Crippen LogP contribution in [0.5, 0.6) is 0 Å². The van der Waals surface area contributed by atoms with E-state index < -0.39 is 11.5 Å². The molecule has 0 saturated heterocycles. The van der Waals surface area contributed by atoms with Gasteiger partial charge in [-0.2, -0.15) is 4.68 Å². The van der Waals surface area contributed by atoms with Gasteiger partial charge in [-0.1, -0.05) is 41.7 Å². The number of thiazole rings is 1. The molecule has 1 aromatic carbocycles. The Morgan fingerprint density at radius 2 is 2.11 bits per heavy atom. The SMILES string of the molecule is CC(F)(F)c1cccc(-c2[nH]n(-c3nc4c(s3)=CCCC=4)c(=O)c2C=N)c1. The van der Waals surface area contributed by atoms with Crippen LogP contribution in [-0.2, 0) is 5.92 Å². The van der Waals surface area contributed by atoms with Crippen LogP contribution in [0.3, 0.4) is 0 Å². The molecule has 2 N–H and O–H groups in total. The van der Waals surface area contributed by atoms with Gasteiger partial charge in [0.2, 0.25) is 5.13 Å². The summed E-state index contributed by atoms with van der Waals surface area (Å²) >= 11 is 1.38. The molecule has 0 saturated carbocycles. The summed E-state index contributed by atoms with van der Waals surface area (Å²) in [6.45, 7) is 0.824. The number of H-pyrrole nitrogens is 1. The number of nitrogens with one attached hydrogen (secondary N) is 2. The fraction of sp³-hybridized carbons (Fsp3) is 0.211. The fourth-order valence-corrected chi connectivity index (χ4v) is 4.04. The van der Waals surface area contributed by atoms with Crippen LogP contribution < -0.4 is 15.4 Å². The van der Waals surface area contributed by atoms with Gasteiger partial charge in [0, 0.05) is 24.3 Å². The average Bonchev–Trinajstić information content (AvgIpc) is 3.21. The van der Waals surface area contributed by atoms with Gasteiger partial charge in [0.05, 0.1) is 21.1 Å². The fourth-order valence-electron chi connectivity index (χ4n) is 3.04. The van der Waals surface area contributed by atoms with E-state index >= 15 is 0 Å². The predicted molar refractivity (Wildman–Crippen MR) is 102 cm³/mol. The summed E-state index contributed by atoms with van der Waals surface area (Å²) in [5, 5.41) is 11.9. The number of aromatic nitrogens is 3. The molecule has 0 bridgehead atoms. The molecule has 0 fully saturated rings. The Hall–Kier alpha value is -2.87. The zero-order chi connectivity index (χ0) is 19.2. The van der Waals surface area contributed by atoms with Crippen molar-refractivity contribution >= 4 is 29.7 Å². The molecule has 0 unspecified atom stereocenters. The largest absolute Gasteiger partial charge is 0.308 e. The minimum Gasteiger partial charge on any atom is -0.308 e. The van der Waals surface area contributed by atoms with Crippen molar-refractivity contribution in [2.24, 2.45) is 0 Å². The molecule has 1 aliphatic rings. The third kappa shape index (κ3) is 3.06. The molecular weight excluding hydrogens is 370 g/mol. The molecule has 0 aliphatic heterocycles. The van der Waals surface area contributed by atoms with Crippen molar-refractivity contribution in [2.45, 2.75) is 25.7 Å². The van der Waals surface area contributed by atoms with Gasteiger partial charge >= 0.3 is 0 Å². The molecule has 3 aromatic rings. The monoisotopic (exact) mass is 386 g/mol. The number of halogens is 2. The van der Waals surface area contributed by atoms with Crippen LogP contribution in [0.4, 0.5) is 8.78 Å². The molecule has 8 heteroatoms. The summed E-state index contributed by atoms with van der Waals surface area (Å²) in [6, 6.07) is 5.81. The maximum Gasteiger partial charge on any atom is 0.282 e. The molecule has 0 radical (unpaired) electrons. The van der Waals surface area contributed by atoms with Crippen LogP contribution in [0.25, 0.3) is 28.5 Å². The van der Waals surface area contributed by atoms with Crippen molar-refractivity contribution < 1.29 is 8.78 Å². The summed E-state index contributed by atoms with van der Waals surface area (Å²) in [6.07, 6.45) is 6.88. The van der Waals surface area contributed by atoms with E-state index in [-0.39, 0.29) is 11.1 Å². The topological polar surface area (TPSA) is 74.5 Å². The first kappa shape index (κ1) is 17.5. The highest BCUT2D eigenvalue weighted by Crippen LogP contribution is 2.30. The van der Waals surface area contributed by atoms with E-state index in [9.17, 15) is 13.6 Å². The predicted octanol–water partition coefficient (Wildman–Crippen LogP) is 2.75. The Morgan fingerprint density at radius 3 is 2.81 bits per heavy atom. The second-order valence-electron chi connectivity index (χ2n) is 6.39. The lowest BCUT2D eigenvalue weighted by atomic mass is 10.0. The van der Waals surface area contributed by atoms with Gasteiger partial charge in [-0.05, 0) is 18.9 Å². The van der Waals surface area contributed by atoms with E-state index in [4.69, 9.17) is 5.41 Å². The Labute approximate surface area is 156 Å². The lowest BCUT2D eigenvalue weighted by Gasteiger charge is -2.11. The number of alkyl halides is 2. The van der Waals surface area contributed by atoms with Gasteiger partial charge in [-0.15, -0.1) is 0 Å². The average molecular weight is 386 g/mol. The molecule has 5 nitrogen and oxygen atoms in total. The molecule has 0 atom stereocenters. The highest BCUT2D eigenvalue weighted by atomic mass is 32.1. The van der Waals surface area contributed by atoms with Crippen molar-refractivity contribution in [1.82, 2.24) is 14.8 Å². The number of nitrogens with zero attached hydrogens (tertiary/aromatic N) is 2. The Morgan fingerprint density at radius 1 is 1.33 bits per heavy atom. The van der Waals surface area contributed by atoms with Crippen molar-refractivity contribution in [1.29, 1.82) is 5.41 Å². The maximum atomic E-state index is 13.7. The normalized spacial score (nSPS) is 13.6. The van der Waals surface area contributed by atoms with Gasteiger partial charge in [-0.25, -0.2) is 13.8 Å². The van der Waals surface area contributed by atoms with Crippen LogP contribution in [0.15, 0.2) is 29.1 Å². The first-order chi connectivity index (χ1) is 12.9. The Bertz CT molecular complexity index is 1180. The van der Waals surface area contributed by atoms with Crippen LogP contribution in [0.1, 0.15) is 30.9 Å². The standard InChI is InChI=1S/C19H16F2N4OS/c1-19(20,21)12-6-4-5-11(9-12)16-13(10-22)17(26)25(24-16)18-23-14-7-2-3-8-15(14)27-18/h4-10,22,24H,2-3H2,1H3. The summed E-state index contributed by atoms with van der Waals surface area (Å²) < 4.78 is 29.6. The third-order valence-electron chi connectivity index (χ3n) is 4.42. The quantitative estimate of drug-likeness (QED) is 0.677. The second-order valence-corrected chi connectivity index (χ2v) is 7.40. The van der Waals surface area contributed by atoms with E-state index in [2.05, 4.69) is 16.2 Å². The first-order valence-corrected chi connectivity index (χ1v) is 9.22. The molecule has 1 aliphatic carbocycles. The molecule has 2 heterocycles. The summed E-state index contributed by atoms with van der Waals surface area (Å²) in [7, 11) is 0. The smallest absolute Gasteiger partial charge is 0.282 e. The van der Waals surface area contributed by atoms with Gasteiger partial charge in [0.15, 0.2) is 0 Å². The molecule has 0 amide bonds. The number of hydrogen-bond donors (Lipinski definition) is 2. The molecule has 2 aromatic heterocycles. The van der Waals surface area contributed by atoms with E-state index in [0.29, 0.717) is 16.4 Å². The van der Waals surface area contributed by atoms with Crippen molar-refractivity contribution in [2.75, 3.05) is 0 Å². The molecular formula is C19H16F2N4OS. The molecule has 0 spiro atoms. The van der Waals surface area contributed by atoms with E-state index in [0.717, 1.165) is 35.9 Å². The highest BCUT2D eigenvalue weighted by molar-refractivity contribution is 7.11. The first-order valence-electron chi connectivity index (χ1n) is 8.40. The zero-order valence-electron chi connectivity index (χ0n) is 14.4. The van der Waals surface area contributed by atoms with E-state index in [1.165, 1.54) is 34.2 Å². The third-order valence-corrected chi connectivity index (χ3v) is 5.48.